The van der Waals surface area contributed by atoms with E-state index >= 15 is 0 Å². The lowest BCUT2D eigenvalue weighted by Gasteiger charge is -2.24. The molecule has 0 aliphatic carbocycles. The predicted molar refractivity (Wildman–Crippen MR) is 146 cm³/mol. The second kappa shape index (κ2) is 9.83. The molecule has 1 N–H and O–H groups in total. The Kier molecular flexibility index (Phi) is 6.54. The van der Waals surface area contributed by atoms with Crippen molar-refractivity contribution in [1.29, 1.82) is 0 Å². The SMILES string of the molecule is COc1cc([C@@H]2C(=C(O)c3ccccc3)C(=O)C(=O)N2c2nc3c(C)cc(C)cc3s2)cc(OC)c1OC. The smallest absolute Gasteiger partial charge is 0.301 e. The van der Waals surface area contributed by atoms with Crippen molar-refractivity contribution in [3.8, 4) is 17.2 Å². The first-order chi connectivity index (χ1) is 18.3. The summed E-state index contributed by atoms with van der Waals surface area (Å²) in [5.41, 5.74) is 3.64. The lowest BCUT2D eigenvalue weighted by molar-refractivity contribution is -0.132. The van der Waals surface area contributed by atoms with Crippen LogP contribution >= 0.6 is 11.3 Å². The number of hydrogen-bond acceptors (Lipinski definition) is 8. The quantitative estimate of drug-likeness (QED) is 0.198. The fourth-order valence-corrected chi connectivity index (χ4v) is 5.99. The number of rotatable bonds is 6. The van der Waals surface area contributed by atoms with Gasteiger partial charge in [0.25, 0.3) is 5.78 Å². The molecule has 0 saturated carbocycles. The summed E-state index contributed by atoms with van der Waals surface area (Å²) in [6.45, 7) is 3.95. The number of thiazole rings is 1. The molecule has 8 nitrogen and oxygen atoms in total. The molecule has 1 atom stereocenters. The molecule has 0 unspecified atom stereocenters. The summed E-state index contributed by atoms with van der Waals surface area (Å²) >= 11 is 1.31. The molecule has 0 bridgehead atoms. The van der Waals surface area contributed by atoms with Crippen molar-refractivity contribution in [3.05, 3.63) is 82.4 Å². The molecule has 3 aromatic carbocycles. The highest BCUT2D eigenvalue weighted by atomic mass is 32.1. The van der Waals surface area contributed by atoms with Gasteiger partial charge in [0.2, 0.25) is 5.75 Å². The summed E-state index contributed by atoms with van der Waals surface area (Å²) in [6.07, 6.45) is 0. The van der Waals surface area contributed by atoms with Crippen molar-refractivity contribution < 1.29 is 28.9 Å². The average molecular weight is 531 g/mol. The number of hydrogen-bond donors (Lipinski definition) is 1. The fourth-order valence-electron chi connectivity index (χ4n) is 4.82. The molecule has 4 aromatic rings. The van der Waals surface area contributed by atoms with Crippen LogP contribution in [-0.2, 0) is 9.59 Å². The summed E-state index contributed by atoms with van der Waals surface area (Å²) in [5.74, 6) is -0.805. The van der Waals surface area contributed by atoms with Crippen LogP contribution in [0.15, 0.2) is 60.2 Å². The highest BCUT2D eigenvalue weighted by Gasteiger charge is 2.48. The summed E-state index contributed by atoms with van der Waals surface area (Å²) in [4.78, 5) is 33.2. The summed E-state index contributed by atoms with van der Waals surface area (Å²) < 4.78 is 17.5. The number of benzene rings is 3. The van der Waals surface area contributed by atoms with Gasteiger partial charge in [-0.3, -0.25) is 14.5 Å². The van der Waals surface area contributed by atoms with Crippen molar-refractivity contribution >= 4 is 44.1 Å². The topological polar surface area (TPSA) is 98.2 Å². The number of aromatic nitrogens is 1. The molecule has 0 radical (unpaired) electrons. The Labute approximate surface area is 223 Å². The maximum Gasteiger partial charge on any atom is 0.301 e. The first-order valence-corrected chi connectivity index (χ1v) is 12.6. The van der Waals surface area contributed by atoms with Crippen LogP contribution in [0.4, 0.5) is 5.13 Å². The Morgan fingerprint density at radius 3 is 2.21 bits per heavy atom. The number of carbonyl (C=O) groups is 2. The number of amides is 1. The number of ketones is 1. The van der Waals surface area contributed by atoms with Gasteiger partial charge in [-0.25, -0.2) is 4.98 Å². The molecule has 5 rings (SSSR count). The van der Waals surface area contributed by atoms with E-state index in [1.807, 2.05) is 26.0 Å². The number of nitrogens with zero attached hydrogens (tertiary/aromatic N) is 2. The third-order valence-electron chi connectivity index (χ3n) is 6.52. The molecule has 194 valence electrons. The van der Waals surface area contributed by atoms with Crippen LogP contribution in [0.2, 0.25) is 0 Å². The van der Waals surface area contributed by atoms with E-state index in [9.17, 15) is 14.7 Å². The van der Waals surface area contributed by atoms with Gasteiger partial charge in [-0.1, -0.05) is 47.7 Å². The van der Waals surface area contributed by atoms with Gasteiger partial charge in [-0.2, -0.15) is 0 Å². The predicted octanol–water partition coefficient (Wildman–Crippen LogP) is 5.57. The van der Waals surface area contributed by atoms with E-state index < -0.39 is 17.7 Å². The van der Waals surface area contributed by atoms with Crippen LogP contribution in [-0.4, -0.2) is 43.1 Å². The maximum absolute atomic E-state index is 13.6. The second-order valence-corrected chi connectivity index (χ2v) is 9.93. The van der Waals surface area contributed by atoms with Crippen LogP contribution in [0.3, 0.4) is 0 Å². The molecule has 1 aromatic heterocycles. The number of Topliss-reactive ketones (excluding diaryl/α,β-unsaturated/α-hetero) is 1. The van der Waals surface area contributed by atoms with E-state index in [1.54, 1.807) is 42.5 Å². The number of aliphatic hydroxyl groups is 1. The number of methoxy groups -OCH3 is 3. The largest absolute Gasteiger partial charge is 0.507 e. The van der Waals surface area contributed by atoms with Crippen LogP contribution in [0.25, 0.3) is 16.0 Å². The van der Waals surface area contributed by atoms with Crippen LogP contribution in [0.5, 0.6) is 17.2 Å². The zero-order chi connectivity index (χ0) is 27.1. The van der Waals surface area contributed by atoms with Crippen LogP contribution < -0.4 is 19.1 Å². The molecule has 1 fully saturated rings. The van der Waals surface area contributed by atoms with Crippen LogP contribution in [0, 0.1) is 13.8 Å². The monoisotopic (exact) mass is 530 g/mol. The summed E-state index contributed by atoms with van der Waals surface area (Å²) in [7, 11) is 4.47. The van der Waals surface area contributed by atoms with Crippen molar-refractivity contribution in [1.82, 2.24) is 4.98 Å². The lowest BCUT2D eigenvalue weighted by atomic mass is 9.95. The van der Waals surface area contributed by atoms with Crippen LogP contribution in [0.1, 0.15) is 28.3 Å². The lowest BCUT2D eigenvalue weighted by Crippen LogP contribution is -2.29. The minimum atomic E-state index is -0.995. The van der Waals surface area contributed by atoms with E-state index in [0.717, 1.165) is 21.3 Å². The third kappa shape index (κ3) is 4.05. The molecular weight excluding hydrogens is 504 g/mol. The molecule has 1 aliphatic rings. The van der Waals surface area contributed by atoms with E-state index in [-0.39, 0.29) is 11.3 Å². The molecular formula is C29H26N2O6S. The highest BCUT2D eigenvalue weighted by Crippen LogP contribution is 2.48. The van der Waals surface area contributed by atoms with Gasteiger partial charge in [-0.15, -0.1) is 0 Å². The number of ether oxygens (including phenoxy) is 3. The Hall–Kier alpha value is -4.37. The van der Waals surface area contributed by atoms with E-state index in [0.29, 0.717) is 33.5 Å². The highest BCUT2D eigenvalue weighted by molar-refractivity contribution is 7.22. The van der Waals surface area contributed by atoms with Gasteiger partial charge in [0, 0.05) is 5.56 Å². The second-order valence-electron chi connectivity index (χ2n) is 8.92. The Bertz CT molecular complexity index is 1580. The first-order valence-electron chi connectivity index (χ1n) is 11.8. The molecule has 38 heavy (non-hydrogen) atoms. The van der Waals surface area contributed by atoms with Gasteiger partial charge in [0.1, 0.15) is 5.76 Å². The van der Waals surface area contributed by atoms with E-state index in [1.165, 1.54) is 37.6 Å². The van der Waals surface area contributed by atoms with Crippen molar-refractivity contribution in [2.75, 3.05) is 26.2 Å². The number of aliphatic hydroxyl groups excluding tert-OH is 1. The van der Waals surface area contributed by atoms with Crippen molar-refractivity contribution in [2.45, 2.75) is 19.9 Å². The zero-order valence-corrected chi connectivity index (χ0v) is 22.4. The molecule has 0 spiro atoms. The Morgan fingerprint density at radius 1 is 0.947 bits per heavy atom. The number of anilines is 1. The van der Waals surface area contributed by atoms with Gasteiger partial charge < -0.3 is 19.3 Å². The van der Waals surface area contributed by atoms with E-state index in [2.05, 4.69) is 0 Å². The molecule has 1 saturated heterocycles. The Morgan fingerprint density at radius 2 is 1.61 bits per heavy atom. The Balaban J connectivity index is 1.80. The van der Waals surface area contributed by atoms with Crippen molar-refractivity contribution in [2.24, 2.45) is 0 Å². The minimum absolute atomic E-state index is 0.0531. The summed E-state index contributed by atoms with van der Waals surface area (Å²) in [6, 6.07) is 15.0. The number of fused-ring (bicyclic) bond motifs is 1. The standard InChI is InChI=1S/C29H26N2O6S/c1-15-11-16(2)23-21(12-15)38-29(30-23)31-24(18-13-19(35-3)27(37-5)20(14-18)36-4)22(26(33)28(31)34)25(32)17-9-7-6-8-10-17/h6-14,24,32H,1-5H3/t24-/m1/s1. The molecule has 9 heteroatoms. The van der Waals surface area contributed by atoms with Gasteiger partial charge in [0.05, 0.1) is 43.2 Å². The number of aryl methyl sites for hydroxylation is 2. The van der Waals surface area contributed by atoms with Gasteiger partial charge in [-0.05, 0) is 48.7 Å². The molecule has 1 amide bonds. The van der Waals surface area contributed by atoms with Crippen molar-refractivity contribution in [3.63, 3.8) is 0 Å². The normalized spacial score (nSPS) is 16.8. The zero-order valence-electron chi connectivity index (χ0n) is 21.6. The fraction of sp³-hybridized carbons (Fsp3) is 0.207. The number of carbonyl (C=O) groups excluding carboxylic acids is 2. The molecule has 1 aliphatic heterocycles. The maximum atomic E-state index is 13.6. The van der Waals surface area contributed by atoms with E-state index in [4.69, 9.17) is 19.2 Å². The minimum Gasteiger partial charge on any atom is -0.507 e. The first kappa shape index (κ1) is 25.3. The van der Waals surface area contributed by atoms with Gasteiger partial charge >= 0.3 is 5.91 Å². The third-order valence-corrected chi connectivity index (χ3v) is 7.52. The summed E-state index contributed by atoms with van der Waals surface area (Å²) in [5, 5.41) is 11.7. The average Bonchev–Trinajstić information content (AvgIpc) is 3.46. The molecule has 2 heterocycles. The van der Waals surface area contributed by atoms with Gasteiger partial charge in [0.15, 0.2) is 16.6 Å².